The van der Waals surface area contributed by atoms with Crippen molar-refractivity contribution >= 4 is 23.6 Å². The second kappa shape index (κ2) is 9.22. The van der Waals surface area contributed by atoms with Crippen LogP contribution in [0.15, 0.2) is 33.7 Å². The fourth-order valence-corrected chi connectivity index (χ4v) is 2.90. The fraction of sp³-hybridized carbons (Fsp3) is 0.412. The smallest absolute Gasteiger partial charge is 0.307 e. The summed E-state index contributed by atoms with van der Waals surface area (Å²) in [5.74, 6) is 1.00. The van der Waals surface area contributed by atoms with Crippen molar-refractivity contribution in [1.29, 1.82) is 0 Å². The average Bonchev–Trinajstić information content (AvgIpc) is 2.98. The molecule has 0 radical (unpaired) electrons. The standard InChI is InChI=1S/C17H21N3O4S/c1-11(2)23-16(21)8-9-18-17(22)13-6-4-5-7-14(13)25-10-15-19-12(3)20-24-15/h4-7,11H,8-10H2,1-3H3,(H,18,22). The van der Waals surface area contributed by atoms with Crippen LogP contribution in [-0.2, 0) is 15.3 Å². The maximum Gasteiger partial charge on any atom is 0.307 e. The van der Waals surface area contributed by atoms with Crippen molar-refractivity contribution in [2.75, 3.05) is 6.54 Å². The van der Waals surface area contributed by atoms with Crippen LogP contribution < -0.4 is 5.32 Å². The molecule has 7 nitrogen and oxygen atoms in total. The lowest BCUT2D eigenvalue weighted by atomic mass is 10.2. The predicted molar refractivity (Wildman–Crippen MR) is 93.2 cm³/mol. The minimum atomic E-state index is -0.329. The van der Waals surface area contributed by atoms with Gasteiger partial charge in [0.1, 0.15) is 0 Å². The van der Waals surface area contributed by atoms with Gasteiger partial charge in [0.2, 0.25) is 5.89 Å². The van der Waals surface area contributed by atoms with Gasteiger partial charge in [-0.2, -0.15) is 4.98 Å². The summed E-state index contributed by atoms with van der Waals surface area (Å²) < 4.78 is 10.1. The third kappa shape index (κ3) is 6.22. The van der Waals surface area contributed by atoms with E-state index in [1.807, 2.05) is 12.1 Å². The van der Waals surface area contributed by atoms with E-state index in [1.54, 1.807) is 32.9 Å². The Morgan fingerprint density at radius 3 is 2.76 bits per heavy atom. The molecule has 1 aromatic heterocycles. The lowest BCUT2D eigenvalue weighted by molar-refractivity contribution is -0.147. The molecule has 8 heteroatoms. The molecular formula is C17H21N3O4S. The molecule has 0 atom stereocenters. The topological polar surface area (TPSA) is 94.3 Å². The van der Waals surface area contributed by atoms with Crippen LogP contribution in [0.2, 0.25) is 0 Å². The maximum atomic E-state index is 12.4. The Hall–Kier alpha value is -2.35. The monoisotopic (exact) mass is 363 g/mol. The summed E-state index contributed by atoms with van der Waals surface area (Å²) in [5.41, 5.74) is 0.543. The molecule has 0 unspecified atom stereocenters. The third-order valence-corrected chi connectivity index (χ3v) is 4.09. The molecule has 1 heterocycles. The van der Waals surface area contributed by atoms with E-state index in [4.69, 9.17) is 9.26 Å². The molecule has 0 bridgehead atoms. The number of aromatic nitrogens is 2. The van der Waals surface area contributed by atoms with Crippen molar-refractivity contribution in [3.8, 4) is 0 Å². The first-order valence-corrected chi connectivity index (χ1v) is 8.93. The number of hydrogen-bond acceptors (Lipinski definition) is 7. The van der Waals surface area contributed by atoms with E-state index in [-0.39, 0.29) is 30.9 Å². The number of benzene rings is 1. The summed E-state index contributed by atoms with van der Waals surface area (Å²) >= 11 is 1.44. The summed E-state index contributed by atoms with van der Waals surface area (Å²) in [6.45, 7) is 5.55. The van der Waals surface area contributed by atoms with E-state index >= 15 is 0 Å². The van der Waals surface area contributed by atoms with Crippen LogP contribution >= 0.6 is 11.8 Å². The van der Waals surface area contributed by atoms with Gasteiger partial charge in [-0.25, -0.2) is 0 Å². The number of thioether (sulfide) groups is 1. The normalized spacial score (nSPS) is 10.7. The highest BCUT2D eigenvalue weighted by Crippen LogP contribution is 2.25. The minimum absolute atomic E-state index is 0.139. The molecule has 2 aromatic rings. The van der Waals surface area contributed by atoms with Crippen molar-refractivity contribution in [2.24, 2.45) is 0 Å². The Bertz CT molecular complexity index is 730. The van der Waals surface area contributed by atoms with Crippen LogP contribution in [0.25, 0.3) is 0 Å². The first-order chi connectivity index (χ1) is 12.0. The quantitative estimate of drug-likeness (QED) is 0.569. The maximum absolute atomic E-state index is 12.4. The molecule has 0 fully saturated rings. The highest BCUT2D eigenvalue weighted by Gasteiger charge is 2.13. The van der Waals surface area contributed by atoms with Gasteiger partial charge in [-0.15, -0.1) is 11.8 Å². The van der Waals surface area contributed by atoms with E-state index in [2.05, 4.69) is 15.5 Å². The Balaban J connectivity index is 1.90. The number of ether oxygens (including phenoxy) is 1. The fourth-order valence-electron chi connectivity index (χ4n) is 2.01. The third-order valence-electron chi connectivity index (χ3n) is 3.03. The van der Waals surface area contributed by atoms with Gasteiger partial charge in [-0.05, 0) is 32.9 Å². The molecule has 2 rings (SSSR count). The summed E-state index contributed by atoms with van der Waals surface area (Å²) in [7, 11) is 0. The van der Waals surface area contributed by atoms with E-state index in [0.29, 0.717) is 23.0 Å². The highest BCUT2D eigenvalue weighted by molar-refractivity contribution is 7.98. The van der Waals surface area contributed by atoms with Gasteiger partial charge < -0.3 is 14.6 Å². The first kappa shape index (κ1) is 19.0. The summed E-state index contributed by atoms with van der Waals surface area (Å²) in [6.07, 6.45) is -0.0193. The largest absolute Gasteiger partial charge is 0.463 e. The van der Waals surface area contributed by atoms with Crippen molar-refractivity contribution in [3.05, 3.63) is 41.5 Å². The number of carbonyl (C=O) groups is 2. The Labute approximate surface area is 150 Å². The van der Waals surface area contributed by atoms with Crippen molar-refractivity contribution in [1.82, 2.24) is 15.5 Å². The average molecular weight is 363 g/mol. The molecule has 0 saturated heterocycles. The SMILES string of the molecule is Cc1noc(CSc2ccccc2C(=O)NCCC(=O)OC(C)C)n1. The molecule has 0 aliphatic heterocycles. The number of nitrogens with zero attached hydrogens (tertiary/aromatic N) is 2. The second-order valence-electron chi connectivity index (χ2n) is 5.56. The lowest BCUT2D eigenvalue weighted by Crippen LogP contribution is -2.27. The predicted octanol–water partition coefficient (Wildman–Crippen LogP) is 2.74. The van der Waals surface area contributed by atoms with Crippen LogP contribution in [0.5, 0.6) is 0 Å². The minimum Gasteiger partial charge on any atom is -0.463 e. The van der Waals surface area contributed by atoms with Gasteiger partial charge >= 0.3 is 5.97 Å². The van der Waals surface area contributed by atoms with E-state index in [1.165, 1.54) is 11.8 Å². The molecule has 134 valence electrons. The number of esters is 1. The van der Waals surface area contributed by atoms with E-state index in [9.17, 15) is 9.59 Å². The Morgan fingerprint density at radius 1 is 1.32 bits per heavy atom. The van der Waals surface area contributed by atoms with Crippen molar-refractivity contribution < 1.29 is 18.8 Å². The highest BCUT2D eigenvalue weighted by atomic mass is 32.2. The summed E-state index contributed by atoms with van der Waals surface area (Å²) in [4.78, 5) is 28.8. The van der Waals surface area contributed by atoms with Gasteiger partial charge in [0, 0.05) is 11.4 Å². The van der Waals surface area contributed by atoms with Gasteiger partial charge in [0.15, 0.2) is 5.82 Å². The molecule has 1 aromatic carbocycles. The molecule has 25 heavy (non-hydrogen) atoms. The molecule has 0 aliphatic carbocycles. The number of hydrogen-bond donors (Lipinski definition) is 1. The zero-order valence-electron chi connectivity index (χ0n) is 14.4. The van der Waals surface area contributed by atoms with Gasteiger partial charge in [-0.1, -0.05) is 17.3 Å². The van der Waals surface area contributed by atoms with E-state index in [0.717, 1.165) is 4.90 Å². The zero-order valence-corrected chi connectivity index (χ0v) is 15.3. The second-order valence-corrected chi connectivity index (χ2v) is 6.58. The van der Waals surface area contributed by atoms with Crippen molar-refractivity contribution in [3.63, 3.8) is 0 Å². The number of rotatable bonds is 8. The zero-order chi connectivity index (χ0) is 18.2. The van der Waals surface area contributed by atoms with Crippen LogP contribution in [-0.4, -0.2) is 34.7 Å². The molecule has 1 N–H and O–H groups in total. The Morgan fingerprint density at radius 2 is 2.08 bits per heavy atom. The summed E-state index contributed by atoms with van der Waals surface area (Å²) in [6, 6.07) is 7.25. The lowest BCUT2D eigenvalue weighted by Gasteiger charge is -2.10. The van der Waals surface area contributed by atoms with Gasteiger partial charge in [0.25, 0.3) is 5.91 Å². The van der Waals surface area contributed by atoms with Gasteiger partial charge in [-0.3, -0.25) is 9.59 Å². The van der Waals surface area contributed by atoms with Gasteiger partial charge in [0.05, 0.1) is 23.8 Å². The molecule has 1 amide bonds. The first-order valence-electron chi connectivity index (χ1n) is 7.94. The van der Waals surface area contributed by atoms with Crippen molar-refractivity contribution in [2.45, 2.75) is 43.9 Å². The molecule has 0 aliphatic rings. The van der Waals surface area contributed by atoms with Crippen LogP contribution in [0, 0.1) is 6.92 Å². The molecule has 0 saturated carbocycles. The van der Waals surface area contributed by atoms with E-state index < -0.39 is 0 Å². The van der Waals surface area contributed by atoms with Crippen LogP contribution in [0.3, 0.4) is 0 Å². The number of amides is 1. The molecular weight excluding hydrogens is 342 g/mol. The number of carbonyl (C=O) groups excluding carboxylic acids is 2. The molecule has 0 spiro atoms. The number of nitrogens with one attached hydrogen (secondary N) is 1. The number of aryl methyl sites for hydroxylation is 1. The Kier molecular flexibility index (Phi) is 7.00. The van der Waals surface area contributed by atoms with Crippen LogP contribution in [0.4, 0.5) is 0 Å². The summed E-state index contributed by atoms with van der Waals surface area (Å²) in [5, 5.41) is 6.48. The van der Waals surface area contributed by atoms with Crippen LogP contribution in [0.1, 0.15) is 42.3 Å².